The molecular formula is C13H9Cl2I. The van der Waals surface area contributed by atoms with Gasteiger partial charge in [-0.2, -0.15) is 0 Å². The predicted octanol–water partition coefficient (Wildman–Crippen LogP) is 5.57. The SMILES string of the molecule is Cc1cc(-c2ccc(Cl)cc2Cl)ccc1I. The van der Waals surface area contributed by atoms with Crippen LogP contribution < -0.4 is 0 Å². The second-order valence-corrected chi connectivity index (χ2v) is 5.59. The number of rotatable bonds is 1. The molecule has 0 unspecified atom stereocenters. The molecule has 3 heteroatoms. The van der Waals surface area contributed by atoms with Crippen LogP contribution in [0.4, 0.5) is 0 Å². The largest absolute Gasteiger partial charge is 0.0843 e. The van der Waals surface area contributed by atoms with Crippen LogP contribution in [-0.2, 0) is 0 Å². The molecule has 0 aliphatic carbocycles. The molecule has 0 nitrogen and oxygen atoms in total. The monoisotopic (exact) mass is 362 g/mol. The van der Waals surface area contributed by atoms with Crippen LogP contribution in [0.1, 0.15) is 5.56 Å². The van der Waals surface area contributed by atoms with Gasteiger partial charge in [-0.1, -0.05) is 41.4 Å². The van der Waals surface area contributed by atoms with Gasteiger partial charge in [0, 0.05) is 19.2 Å². The molecule has 0 radical (unpaired) electrons. The van der Waals surface area contributed by atoms with E-state index in [1.54, 1.807) is 6.07 Å². The molecule has 0 amide bonds. The van der Waals surface area contributed by atoms with Gasteiger partial charge in [0.1, 0.15) is 0 Å². The van der Waals surface area contributed by atoms with Crippen LogP contribution in [0.3, 0.4) is 0 Å². The van der Waals surface area contributed by atoms with Gasteiger partial charge < -0.3 is 0 Å². The topological polar surface area (TPSA) is 0 Å². The third-order valence-electron chi connectivity index (χ3n) is 2.40. The van der Waals surface area contributed by atoms with Crippen LogP contribution in [0, 0.1) is 10.5 Å². The molecule has 0 aliphatic rings. The first-order valence-electron chi connectivity index (χ1n) is 4.79. The molecule has 0 N–H and O–H groups in total. The van der Waals surface area contributed by atoms with Crippen molar-refractivity contribution in [2.45, 2.75) is 6.92 Å². The lowest BCUT2D eigenvalue weighted by molar-refractivity contribution is 1.42. The van der Waals surface area contributed by atoms with E-state index >= 15 is 0 Å². The molecular weight excluding hydrogens is 354 g/mol. The zero-order chi connectivity index (χ0) is 11.7. The van der Waals surface area contributed by atoms with Gasteiger partial charge >= 0.3 is 0 Å². The predicted molar refractivity (Wildman–Crippen MR) is 79.4 cm³/mol. The average molecular weight is 363 g/mol. The van der Waals surface area contributed by atoms with Crippen LogP contribution in [0.25, 0.3) is 11.1 Å². The summed E-state index contributed by atoms with van der Waals surface area (Å²) in [7, 11) is 0. The Labute approximate surface area is 119 Å². The minimum Gasteiger partial charge on any atom is -0.0843 e. The first-order chi connectivity index (χ1) is 7.58. The third kappa shape index (κ3) is 2.53. The lowest BCUT2D eigenvalue weighted by Gasteiger charge is -2.07. The Morgan fingerprint density at radius 3 is 2.38 bits per heavy atom. The second-order valence-electron chi connectivity index (χ2n) is 3.59. The van der Waals surface area contributed by atoms with Gasteiger partial charge in [0.15, 0.2) is 0 Å². The maximum absolute atomic E-state index is 6.17. The maximum Gasteiger partial charge on any atom is 0.0499 e. The summed E-state index contributed by atoms with van der Waals surface area (Å²) in [4.78, 5) is 0. The highest BCUT2D eigenvalue weighted by Crippen LogP contribution is 2.31. The molecule has 0 spiro atoms. The van der Waals surface area contributed by atoms with Crippen molar-refractivity contribution in [3.8, 4) is 11.1 Å². The molecule has 0 aliphatic heterocycles. The molecule has 82 valence electrons. The summed E-state index contributed by atoms with van der Waals surface area (Å²) in [6.45, 7) is 2.09. The van der Waals surface area contributed by atoms with Gasteiger partial charge in [-0.3, -0.25) is 0 Å². The maximum atomic E-state index is 6.17. The van der Waals surface area contributed by atoms with E-state index in [0.717, 1.165) is 11.1 Å². The van der Waals surface area contributed by atoms with Crippen molar-refractivity contribution in [1.29, 1.82) is 0 Å². The summed E-state index contributed by atoms with van der Waals surface area (Å²) in [6.07, 6.45) is 0. The van der Waals surface area contributed by atoms with Gasteiger partial charge in [-0.25, -0.2) is 0 Å². The molecule has 0 bridgehead atoms. The lowest BCUT2D eigenvalue weighted by Crippen LogP contribution is -1.84. The van der Waals surface area contributed by atoms with E-state index in [0.29, 0.717) is 10.0 Å². The number of hydrogen-bond acceptors (Lipinski definition) is 0. The quantitative estimate of drug-likeness (QED) is 0.581. The van der Waals surface area contributed by atoms with Crippen LogP contribution in [0.15, 0.2) is 36.4 Å². The Kier molecular flexibility index (Phi) is 3.77. The summed E-state index contributed by atoms with van der Waals surface area (Å²) < 4.78 is 1.26. The smallest absolute Gasteiger partial charge is 0.0499 e. The third-order valence-corrected chi connectivity index (χ3v) is 4.16. The molecule has 0 saturated heterocycles. The van der Waals surface area contributed by atoms with Gasteiger partial charge in [0.05, 0.1) is 0 Å². The standard InChI is InChI=1S/C13H9Cl2I/c1-8-6-9(2-5-13(8)16)11-4-3-10(14)7-12(11)15/h2-7H,1H3. The van der Waals surface area contributed by atoms with Crippen molar-refractivity contribution in [3.05, 3.63) is 55.6 Å². The highest BCUT2D eigenvalue weighted by Gasteiger charge is 2.05. The fraction of sp³-hybridized carbons (Fsp3) is 0.0769. The van der Waals surface area contributed by atoms with E-state index in [2.05, 4.69) is 47.7 Å². The van der Waals surface area contributed by atoms with Crippen molar-refractivity contribution >= 4 is 45.8 Å². The van der Waals surface area contributed by atoms with Gasteiger partial charge in [-0.05, 0) is 58.8 Å². The highest BCUT2D eigenvalue weighted by atomic mass is 127. The molecule has 2 aromatic carbocycles. The molecule has 16 heavy (non-hydrogen) atoms. The summed E-state index contributed by atoms with van der Waals surface area (Å²) in [5.74, 6) is 0. The second kappa shape index (κ2) is 4.94. The molecule has 2 rings (SSSR count). The van der Waals surface area contributed by atoms with E-state index in [-0.39, 0.29) is 0 Å². The van der Waals surface area contributed by atoms with Crippen LogP contribution >= 0.6 is 45.8 Å². The summed E-state index contributed by atoms with van der Waals surface area (Å²) >= 11 is 14.4. The average Bonchev–Trinajstić information content (AvgIpc) is 2.22. The summed E-state index contributed by atoms with van der Waals surface area (Å²) in [6, 6.07) is 11.9. The Bertz CT molecular complexity index is 535. The van der Waals surface area contributed by atoms with Crippen LogP contribution in [0.2, 0.25) is 10.0 Å². The van der Waals surface area contributed by atoms with Crippen LogP contribution in [-0.4, -0.2) is 0 Å². The van der Waals surface area contributed by atoms with Gasteiger partial charge in [0.2, 0.25) is 0 Å². The zero-order valence-corrected chi connectivity index (χ0v) is 12.3. The van der Waals surface area contributed by atoms with Gasteiger partial charge in [-0.15, -0.1) is 0 Å². The van der Waals surface area contributed by atoms with E-state index < -0.39 is 0 Å². The number of halogens is 3. The van der Waals surface area contributed by atoms with E-state index in [1.807, 2.05) is 12.1 Å². The molecule has 0 fully saturated rings. The molecule has 0 aromatic heterocycles. The first-order valence-corrected chi connectivity index (χ1v) is 6.63. The minimum atomic E-state index is 0.663. The molecule has 2 aromatic rings. The van der Waals surface area contributed by atoms with Crippen molar-refractivity contribution in [1.82, 2.24) is 0 Å². The Morgan fingerprint density at radius 1 is 1.00 bits per heavy atom. The molecule has 0 saturated carbocycles. The summed E-state index contributed by atoms with van der Waals surface area (Å²) in [5, 5.41) is 1.35. The highest BCUT2D eigenvalue weighted by molar-refractivity contribution is 14.1. The number of benzene rings is 2. The van der Waals surface area contributed by atoms with Crippen molar-refractivity contribution in [2.24, 2.45) is 0 Å². The Balaban J connectivity index is 2.54. The lowest BCUT2D eigenvalue weighted by atomic mass is 10.0. The van der Waals surface area contributed by atoms with E-state index in [1.165, 1.54) is 9.13 Å². The fourth-order valence-corrected chi connectivity index (χ4v) is 2.39. The number of hydrogen-bond donors (Lipinski definition) is 0. The van der Waals surface area contributed by atoms with Crippen molar-refractivity contribution in [3.63, 3.8) is 0 Å². The Morgan fingerprint density at radius 2 is 1.75 bits per heavy atom. The van der Waals surface area contributed by atoms with Crippen molar-refractivity contribution < 1.29 is 0 Å². The first kappa shape index (κ1) is 12.2. The fourth-order valence-electron chi connectivity index (χ4n) is 1.54. The van der Waals surface area contributed by atoms with Crippen LogP contribution in [0.5, 0.6) is 0 Å². The van der Waals surface area contributed by atoms with Gasteiger partial charge in [0.25, 0.3) is 0 Å². The van der Waals surface area contributed by atoms with Crippen molar-refractivity contribution in [2.75, 3.05) is 0 Å². The molecule has 0 heterocycles. The Hall–Kier alpha value is -0.250. The molecule has 0 atom stereocenters. The normalized spacial score (nSPS) is 10.5. The van der Waals surface area contributed by atoms with E-state index in [4.69, 9.17) is 23.2 Å². The zero-order valence-electron chi connectivity index (χ0n) is 8.60. The minimum absolute atomic E-state index is 0.663. The number of aryl methyl sites for hydroxylation is 1. The summed E-state index contributed by atoms with van der Waals surface area (Å²) in [5.41, 5.74) is 3.40. The van der Waals surface area contributed by atoms with E-state index in [9.17, 15) is 0 Å².